The van der Waals surface area contributed by atoms with Crippen LogP contribution in [0.1, 0.15) is 19.7 Å². The van der Waals surface area contributed by atoms with Crippen molar-refractivity contribution < 1.29 is 13.2 Å². The molecule has 0 aliphatic heterocycles. The van der Waals surface area contributed by atoms with Gasteiger partial charge >= 0.3 is 6.18 Å². The molecule has 4 nitrogen and oxygen atoms in total. The Balaban J connectivity index is 0.000000561. The Labute approximate surface area is 67.4 Å². The maximum atomic E-state index is 11.7. The van der Waals surface area contributed by atoms with Crippen LogP contribution >= 0.6 is 0 Å². The lowest BCUT2D eigenvalue weighted by atomic mass is 10.6. The molecule has 0 radical (unpaired) electrons. The summed E-state index contributed by atoms with van der Waals surface area (Å²) in [5, 5.41) is 8.61. The highest BCUT2D eigenvalue weighted by atomic mass is 19.4. The highest BCUT2D eigenvalue weighted by Gasteiger charge is 2.36. The third kappa shape index (κ3) is 2.48. The Morgan fingerprint density at radius 3 is 1.92 bits per heavy atom. The van der Waals surface area contributed by atoms with Crippen molar-refractivity contribution in [3.8, 4) is 0 Å². The van der Waals surface area contributed by atoms with Gasteiger partial charge in [0.2, 0.25) is 0 Å². The number of aromatic nitrogens is 4. The Bertz CT molecular complexity index is 229. The van der Waals surface area contributed by atoms with Crippen LogP contribution in [0.5, 0.6) is 0 Å². The van der Waals surface area contributed by atoms with E-state index in [2.05, 4.69) is 15.5 Å². The molecule has 0 aliphatic carbocycles. The molecule has 0 aromatic carbocycles. The first-order chi connectivity index (χ1) is 5.52. The fraction of sp³-hybridized carbons (Fsp3) is 0.800. The zero-order valence-corrected chi connectivity index (χ0v) is 6.92. The van der Waals surface area contributed by atoms with Crippen molar-refractivity contribution in [3.63, 3.8) is 0 Å². The third-order valence-electron chi connectivity index (χ3n) is 0.874. The Morgan fingerprint density at radius 1 is 1.25 bits per heavy atom. The maximum absolute atomic E-state index is 11.7. The molecule has 0 atom stereocenters. The molecule has 0 saturated heterocycles. The smallest absolute Gasteiger partial charge is 0.225 e. The summed E-state index contributed by atoms with van der Waals surface area (Å²) in [6.45, 7) is 4.00. The van der Waals surface area contributed by atoms with E-state index in [1.54, 1.807) is 0 Å². The molecule has 1 rings (SSSR count). The second-order valence-electron chi connectivity index (χ2n) is 1.62. The van der Waals surface area contributed by atoms with Crippen LogP contribution in [0.2, 0.25) is 0 Å². The summed E-state index contributed by atoms with van der Waals surface area (Å²) in [6, 6.07) is 0. The van der Waals surface area contributed by atoms with Crippen LogP contribution in [-0.2, 0) is 13.2 Å². The highest BCUT2D eigenvalue weighted by molar-refractivity contribution is 4.85. The number of hydrogen-bond donors (Lipinski definition) is 0. The molecular formula is C5H9F3N4. The van der Waals surface area contributed by atoms with Crippen LogP contribution in [0.3, 0.4) is 0 Å². The monoisotopic (exact) mass is 182 g/mol. The summed E-state index contributed by atoms with van der Waals surface area (Å²) in [5.41, 5.74) is 0. The number of nitrogens with zero attached hydrogens (tertiary/aromatic N) is 4. The summed E-state index contributed by atoms with van der Waals surface area (Å²) in [5.74, 6) is -1.09. The predicted molar refractivity (Wildman–Crippen MR) is 35.1 cm³/mol. The number of alkyl halides is 3. The summed E-state index contributed by atoms with van der Waals surface area (Å²) >= 11 is 0. The van der Waals surface area contributed by atoms with E-state index < -0.39 is 12.0 Å². The van der Waals surface area contributed by atoms with E-state index in [1.165, 1.54) is 0 Å². The number of hydrogen-bond acceptors (Lipinski definition) is 3. The second-order valence-corrected chi connectivity index (χ2v) is 1.62. The zero-order valence-electron chi connectivity index (χ0n) is 6.92. The predicted octanol–water partition coefficient (Wildman–Crippen LogP) is 1.26. The van der Waals surface area contributed by atoms with Gasteiger partial charge in [-0.3, -0.25) is 0 Å². The van der Waals surface area contributed by atoms with Crippen LogP contribution in [0.25, 0.3) is 0 Å². The normalized spacial score (nSPS) is 10.5. The van der Waals surface area contributed by atoms with E-state index in [-0.39, 0.29) is 0 Å². The molecule has 1 aromatic rings. The molecule has 1 aromatic heterocycles. The van der Waals surface area contributed by atoms with E-state index in [0.29, 0.717) is 4.68 Å². The highest BCUT2D eigenvalue weighted by Crippen LogP contribution is 2.25. The molecule has 0 bridgehead atoms. The van der Waals surface area contributed by atoms with Crippen LogP contribution in [-0.4, -0.2) is 20.2 Å². The van der Waals surface area contributed by atoms with Crippen molar-refractivity contribution in [1.82, 2.24) is 20.2 Å². The van der Waals surface area contributed by atoms with Crippen molar-refractivity contribution in [2.45, 2.75) is 20.0 Å². The molecule has 0 aliphatic rings. The number of halogens is 3. The lowest BCUT2D eigenvalue weighted by molar-refractivity contribution is -0.147. The van der Waals surface area contributed by atoms with Crippen molar-refractivity contribution in [3.05, 3.63) is 5.82 Å². The third-order valence-corrected chi connectivity index (χ3v) is 0.874. The molecule has 0 amide bonds. The first kappa shape index (κ1) is 10.9. The van der Waals surface area contributed by atoms with Crippen molar-refractivity contribution >= 4 is 0 Å². The lowest BCUT2D eigenvalue weighted by Gasteiger charge is -2.00. The van der Waals surface area contributed by atoms with E-state index in [9.17, 15) is 13.2 Å². The van der Waals surface area contributed by atoms with Crippen LogP contribution in [0.4, 0.5) is 13.2 Å². The molecule has 7 heteroatoms. The molecule has 0 unspecified atom stereocenters. The van der Waals surface area contributed by atoms with Gasteiger partial charge in [0.1, 0.15) is 0 Å². The number of aryl methyl sites for hydroxylation is 1. The van der Waals surface area contributed by atoms with Gasteiger partial charge in [-0.15, -0.1) is 5.10 Å². The van der Waals surface area contributed by atoms with Crippen molar-refractivity contribution in [1.29, 1.82) is 0 Å². The molecule has 0 N–H and O–H groups in total. The average Bonchev–Trinajstić information content (AvgIpc) is 2.38. The quantitative estimate of drug-likeness (QED) is 0.606. The Morgan fingerprint density at radius 2 is 1.75 bits per heavy atom. The summed E-state index contributed by atoms with van der Waals surface area (Å²) in [4.78, 5) is 0. The van der Waals surface area contributed by atoms with Gasteiger partial charge in [0.05, 0.1) is 0 Å². The molecule has 70 valence electrons. The van der Waals surface area contributed by atoms with Gasteiger partial charge in [-0.1, -0.05) is 13.8 Å². The van der Waals surface area contributed by atoms with Gasteiger partial charge in [-0.2, -0.15) is 13.2 Å². The molecule has 0 fully saturated rings. The topological polar surface area (TPSA) is 43.6 Å². The second kappa shape index (κ2) is 4.03. The summed E-state index contributed by atoms with van der Waals surface area (Å²) in [7, 11) is 1.13. The van der Waals surface area contributed by atoms with Crippen LogP contribution < -0.4 is 0 Å². The van der Waals surface area contributed by atoms with Crippen LogP contribution in [0, 0.1) is 0 Å². The van der Waals surface area contributed by atoms with Gasteiger partial charge in [-0.05, 0) is 10.4 Å². The standard InChI is InChI=1S/C3H3F3N4.C2H6/c1-10-2(3(4,5)6)7-8-9-10;1-2/h1H3;1-2H3. The first-order valence-corrected chi connectivity index (χ1v) is 3.31. The van der Waals surface area contributed by atoms with E-state index in [4.69, 9.17) is 0 Å². The maximum Gasteiger partial charge on any atom is 0.453 e. The minimum atomic E-state index is -4.46. The SMILES string of the molecule is CC.Cn1nnnc1C(F)(F)F. The zero-order chi connectivity index (χ0) is 9.78. The average molecular weight is 182 g/mol. The number of tetrazole rings is 1. The minimum absolute atomic E-state index is 0.569. The first-order valence-electron chi connectivity index (χ1n) is 3.31. The van der Waals surface area contributed by atoms with Gasteiger partial charge in [-0.25, -0.2) is 4.68 Å². The minimum Gasteiger partial charge on any atom is -0.225 e. The Hall–Kier alpha value is -1.14. The van der Waals surface area contributed by atoms with E-state index in [1.807, 2.05) is 13.8 Å². The summed E-state index contributed by atoms with van der Waals surface area (Å²) in [6.07, 6.45) is -4.46. The van der Waals surface area contributed by atoms with Gasteiger partial charge < -0.3 is 0 Å². The fourth-order valence-corrected chi connectivity index (χ4v) is 0.470. The van der Waals surface area contributed by atoms with Gasteiger partial charge in [0, 0.05) is 7.05 Å². The molecule has 1 heterocycles. The molecule has 12 heavy (non-hydrogen) atoms. The van der Waals surface area contributed by atoms with Gasteiger partial charge in [0.25, 0.3) is 5.82 Å². The number of rotatable bonds is 0. The van der Waals surface area contributed by atoms with Crippen molar-refractivity contribution in [2.75, 3.05) is 0 Å². The van der Waals surface area contributed by atoms with E-state index >= 15 is 0 Å². The van der Waals surface area contributed by atoms with Gasteiger partial charge in [0.15, 0.2) is 0 Å². The molecule has 0 saturated carbocycles. The molecular weight excluding hydrogens is 173 g/mol. The molecule has 0 spiro atoms. The fourth-order valence-electron chi connectivity index (χ4n) is 0.470. The van der Waals surface area contributed by atoms with Crippen molar-refractivity contribution in [2.24, 2.45) is 7.05 Å². The Kier molecular flexibility index (Phi) is 3.65. The van der Waals surface area contributed by atoms with E-state index in [0.717, 1.165) is 7.05 Å². The lowest BCUT2D eigenvalue weighted by Crippen LogP contribution is -2.13. The van der Waals surface area contributed by atoms with Crippen LogP contribution in [0.15, 0.2) is 0 Å². The largest absolute Gasteiger partial charge is 0.453 e. The summed E-state index contributed by atoms with van der Waals surface area (Å²) < 4.78 is 35.7.